The predicted octanol–water partition coefficient (Wildman–Crippen LogP) is 2.83. The highest BCUT2D eigenvalue weighted by Crippen LogP contribution is 2.24. The van der Waals surface area contributed by atoms with Crippen molar-refractivity contribution in [3.05, 3.63) is 22.5 Å². The van der Waals surface area contributed by atoms with Gasteiger partial charge in [-0.3, -0.25) is 5.32 Å². The van der Waals surface area contributed by atoms with E-state index >= 15 is 0 Å². The highest BCUT2D eigenvalue weighted by atomic mass is 32.2. The fourth-order valence-electron chi connectivity index (χ4n) is 0.632. The van der Waals surface area contributed by atoms with Crippen LogP contribution in [0, 0.1) is 0 Å². The quantitative estimate of drug-likeness (QED) is 0.806. The van der Waals surface area contributed by atoms with Gasteiger partial charge in [-0.25, -0.2) is 4.79 Å². The van der Waals surface area contributed by atoms with Crippen LogP contribution in [0.2, 0.25) is 0 Å². The smallest absolute Gasteiger partial charge is 0.412 e. The van der Waals surface area contributed by atoms with E-state index in [1.165, 1.54) is 6.92 Å². The Balaban J connectivity index is 4.18. The first-order valence-corrected chi connectivity index (χ1v) is 5.42. The van der Waals surface area contributed by atoms with Gasteiger partial charge < -0.3 is 10.5 Å². The van der Waals surface area contributed by atoms with Crippen LogP contribution in [0.25, 0.3) is 0 Å². The lowest BCUT2D eigenvalue weighted by Gasteiger charge is -2.19. The molecule has 3 N–H and O–H groups in total. The summed E-state index contributed by atoms with van der Waals surface area (Å²) in [6.45, 7) is 10.1. The van der Waals surface area contributed by atoms with Gasteiger partial charge in [-0.15, -0.1) is 0 Å². The number of hydrogen-bond acceptors (Lipinski definition) is 4. The van der Waals surface area contributed by atoms with Gasteiger partial charge in [-0.1, -0.05) is 6.58 Å². The molecule has 1 amide bonds. The lowest BCUT2D eigenvalue weighted by atomic mass is 10.2. The van der Waals surface area contributed by atoms with Crippen molar-refractivity contribution >= 4 is 17.9 Å². The molecular weight excluding hydrogens is 231 g/mol. The summed E-state index contributed by atoms with van der Waals surface area (Å²) in [5, 5.41) is 1.83. The van der Waals surface area contributed by atoms with Crippen LogP contribution in [0.15, 0.2) is 22.5 Å². The number of allylic oxidation sites excluding steroid dienone is 1. The van der Waals surface area contributed by atoms with Gasteiger partial charge in [0.2, 0.25) is 0 Å². The average Bonchev–Trinajstić information content (AvgIpc) is 1.98. The minimum atomic E-state index is -0.674. The topological polar surface area (TPSA) is 64.3 Å². The van der Waals surface area contributed by atoms with Crippen molar-refractivity contribution in [2.75, 3.05) is 0 Å². The van der Waals surface area contributed by atoms with Gasteiger partial charge in [-0.05, 0) is 39.5 Å². The summed E-state index contributed by atoms with van der Waals surface area (Å²) in [6.07, 6.45) is -0.674. The number of alkyl carbamates (subject to hydrolysis) is 1. The molecule has 0 unspecified atom stereocenters. The maximum atomic E-state index is 13.0. The zero-order valence-corrected chi connectivity index (χ0v) is 10.7. The van der Waals surface area contributed by atoms with E-state index in [1.54, 1.807) is 20.8 Å². The van der Waals surface area contributed by atoms with Crippen LogP contribution in [-0.4, -0.2) is 11.7 Å². The van der Waals surface area contributed by atoms with Crippen LogP contribution in [0.1, 0.15) is 27.7 Å². The maximum absolute atomic E-state index is 13.0. The summed E-state index contributed by atoms with van der Waals surface area (Å²) >= 11 is 0.644. The largest absolute Gasteiger partial charge is 0.444 e. The molecule has 6 heteroatoms. The Morgan fingerprint density at radius 3 is 2.38 bits per heavy atom. The number of nitrogens with two attached hydrogens (primary N) is 1. The fourth-order valence-corrected chi connectivity index (χ4v) is 1.14. The van der Waals surface area contributed by atoms with Crippen LogP contribution in [-0.2, 0) is 4.74 Å². The van der Waals surface area contributed by atoms with Crippen molar-refractivity contribution in [3.63, 3.8) is 0 Å². The van der Waals surface area contributed by atoms with Crippen LogP contribution < -0.4 is 11.1 Å². The minimum Gasteiger partial charge on any atom is -0.444 e. The number of nitrogens with one attached hydrogen (secondary N) is 1. The van der Waals surface area contributed by atoms with Crippen molar-refractivity contribution < 1.29 is 13.9 Å². The molecule has 16 heavy (non-hydrogen) atoms. The number of amides is 1. The van der Waals surface area contributed by atoms with E-state index in [9.17, 15) is 9.18 Å². The summed E-state index contributed by atoms with van der Waals surface area (Å²) in [5.74, 6) is 0. The van der Waals surface area contributed by atoms with Gasteiger partial charge in [0.05, 0.1) is 5.03 Å². The second-order valence-corrected chi connectivity index (χ2v) is 5.16. The Hall–Kier alpha value is -1.17. The molecule has 4 nitrogen and oxygen atoms in total. The third kappa shape index (κ3) is 7.17. The van der Waals surface area contributed by atoms with Crippen molar-refractivity contribution in [3.8, 4) is 0 Å². The predicted molar refractivity (Wildman–Crippen MR) is 64.1 cm³/mol. The molecule has 0 aliphatic heterocycles. The molecule has 0 bridgehead atoms. The zero-order valence-electron chi connectivity index (χ0n) is 9.89. The normalized spacial score (nSPS) is 12.8. The van der Waals surface area contributed by atoms with Gasteiger partial charge in [0.1, 0.15) is 5.60 Å². The molecule has 0 aliphatic carbocycles. The summed E-state index contributed by atoms with van der Waals surface area (Å²) in [7, 11) is 0. The first-order valence-electron chi connectivity index (χ1n) is 4.60. The summed E-state index contributed by atoms with van der Waals surface area (Å²) in [5.41, 5.74) is 4.65. The third-order valence-corrected chi connectivity index (χ3v) is 2.01. The Labute approximate surface area is 99.1 Å². The summed E-state index contributed by atoms with van der Waals surface area (Å²) < 4.78 is 18.0. The van der Waals surface area contributed by atoms with E-state index in [-0.39, 0.29) is 10.7 Å². The van der Waals surface area contributed by atoms with Gasteiger partial charge >= 0.3 is 6.09 Å². The Morgan fingerprint density at radius 1 is 1.50 bits per heavy atom. The van der Waals surface area contributed by atoms with E-state index in [4.69, 9.17) is 10.5 Å². The minimum absolute atomic E-state index is 0.0390. The highest BCUT2D eigenvalue weighted by molar-refractivity contribution is 8.06. The van der Waals surface area contributed by atoms with E-state index in [2.05, 4.69) is 11.9 Å². The van der Waals surface area contributed by atoms with Crippen molar-refractivity contribution in [2.45, 2.75) is 33.3 Å². The van der Waals surface area contributed by atoms with E-state index in [0.29, 0.717) is 11.8 Å². The molecule has 0 aromatic carbocycles. The molecular formula is C10H17FN2O2S. The summed E-state index contributed by atoms with van der Waals surface area (Å²) in [6, 6.07) is 0. The van der Waals surface area contributed by atoms with E-state index in [1.807, 2.05) is 0 Å². The molecule has 0 fully saturated rings. The molecule has 92 valence electrons. The van der Waals surface area contributed by atoms with Gasteiger partial charge in [0.15, 0.2) is 5.16 Å². The lowest BCUT2D eigenvalue weighted by molar-refractivity contribution is 0.0551. The molecule has 0 heterocycles. The maximum Gasteiger partial charge on any atom is 0.412 e. The molecule has 0 atom stereocenters. The van der Waals surface area contributed by atoms with Crippen LogP contribution in [0.5, 0.6) is 0 Å². The highest BCUT2D eigenvalue weighted by Gasteiger charge is 2.17. The van der Waals surface area contributed by atoms with Crippen LogP contribution in [0.3, 0.4) is 0 Å². The molecule has 0 aliphatic rings. The zero-order chi connectivity index (χ0) is 12.9. The Morgan fingerprint density at radius 2 is 2.00 bits per heavy atom. The van der Waals surface area contributed by atoms with Crippen molar-refractivity contribution in [2.24, 2.45) is 5.73 Å². The number of hydrogen-bond donors (Lipinski definition) is 2. The number of ether oxygens (including phenoxy) is 1. The first kappa shape index (κ1) is 14.8. The van der Waals surface area contributed by atoms with Gasteiger partial charge in [0.25, 0.3) is 0 Å². The number of carbonyl (C=O) groups excluding carboxylic acids is 1. The van der Waals surface area contributed by atoms with Crippen molar-refractivity contribution in [1.82, 2.24) is 5.32 Å². The average molecular weight is 248 g/mol. The number of rotatable bonds is 3. The SMILES string of the molecule is C=C(NC(=O)OC(C)(C)C)S/C(F)=C(/C)N. The molecule has 0 aromatic rings. The van der Waals surface area contributed by atoms with E-state index in [0.717, 1.165) is 0 Å². The van der Waals surface area contributed by atoms with E-state index < -0.39 is 16.9 Å². The number of thioether (sulfide) groups is 1. The second kappa shape index (κ2) is 5.79. The third-order valence-electron chi connectivity index (χ3n) is 1.16. The second-order valence-electron chi connectivity index (χ2n) is 4.11. The van der Waals surface area contributed by atoms with Gasteiger partial charge in [0, 0.05) is 5.70 Å². The van der Waals surface area contributed by atoms with Crippen molar-refractivity contribution in [1.29, 1.82) is 0 Å². The Kier molecular flexibility index (Phi) is 5.37. The lowest BCUT2D eigenvalue weighted by Crippen LogP contribution is -2.31. The number of halogens is 1. The van der Waals surface area contributed by atoms with Crippen LogP contribution in [0.4, 0.5) is 9.18 Å². The fraction of sp³-hybridized carbons (Fsp3) is 0.500. The molecule has 0 saturated carbocycles. The molecule has 0 radical (unpaired) electrons. The Bertz CT molecular complexity index is 317. The van der Waals surface area contributed by atoms with Gasteiger partial charge in [-0.2, -0.15) is 4.39 Å². The standard InChI is InChI=1S/C10H17FN2O2S/c1-6(12)8(11)16-7(2)13-9(14)15-10(3,4)5/h2,12H2,1,3-5H3,(H,13,14)/b8-6-. The van der Waals surface area contributed by atoms with Crippen LogP contribution >= 0.6 is 11.8 Å². The molecule has 0 saturated heterocycles. The molecule has 0 spiro atoms. The molecule has 0 rings (SSSR count). The summed E-state index contributed by atoms with van der Waals surface area (Å²) in [4.78, 5) is 11.2. The first-order chi connectivity index (χ1) is 7.11. The number of carbonyl (C=O) groups is 1. The monoisotopic (exact) mass is 248 g/mol. The molecule has 0 aromatic heterocycles.